The zero-order valence-electron chi connectivity index (χ0n) is 11.9. The number of aromatic nitrogens is 2. The van der Waals surface area contributed by atoms with Crippen molar-refractivity contribution in [3.05, 3.63) is 51.3 Å². The molecule has 0 atom stereocenters. The molecule has 0 unspecified atom stereocenters. The van der Waals surface area contributed by atoms with Crippen LogP contribution >= 0.6 is 23.2 Å². The van der Waals surface area contributed by atoms with Crippen molar-refractivity contribution in [1.29, 1.82) is 5.26 Å². The van der Waals surface area contributed by atoms with Crippen LogP contribution in [0.2, 0.25) is 10.2 Å². The van der Waals surface area contributed by atoms with Crippen LogP contribution in [-0.2, 0) is 4.79 Å². The molecule has 0 aliphatic carbocycles. The molecular formula is C15H12Cl2N4O. The Kier molecular flexibility index (Phi) is 4.86. The van der Waals surface area contributed by atoms with E-state index in [2.05, 4.69) is 10.4 Å². The predicted molar refractivity (Wildman–Crippen MR) is 86.0 cm³/mol. The Bertz CT molecular complexity index is 802. The quantitative estimate of drug-likeness (QED) is 0.692. The number of likely N-dealkylation sites (N-methyl/N-ethyl adjacent to an activating group) is 1. The molecule has 22 heavy (non-hydrogen) atoms. The van der Waals surface area contributed by atoms with Crippen LogP contribution < -0.4 is 5.32 Å². The highest BCUT2D eigenvalue weighted by molar-refractivity contribution is 6.33. The highest BCUT2D eigenvalue weighted by atomic mass is 35.5. The number of carbonyl (C=O) groups is 1. The second-order valence-electron chi connectivity index (χ2n) is 4.40. The minimum atomic E-state index is -0.483. The first-order valence-corrected chi connectivity index (χ1v) is 7.09. The Morgan fingerprint density at radius 1 is 1.41 bits per heavy atom. The lowest BCUT2D eigenvalue weighted by molar-refractivity contribution is -0.116. The number of para-hydroxylation sites is 1. The highest BCUT2D eigenvalue weighted by Crippen LogP contribution is 2.28. The van der Waals surface area contributed by atoms with Gasteiger partial charge in [-0.2, -0.15) is 10.4 Å². The fraction of sp³-hybridized carbons (Fsp3) is 0.133. The molecule has 5 nitrogen and oxygen atoms in total. The molecule has 2 aromatic rings. The van der Waals surface area contributed by atoms with E-state index in [-0.39, 0.29) is 10.7 Å². The summed E-state index contributed by atoms with van der Waals surface area (Å²) in [6.45, 7) is 1.74. The second-order valence-corrected chi connectivity index (χ2v) is 5.17. The zero-order chi connectivity index (χ0) is 16.3. The van der Waals surface area contributed by atoms with E-state index in [9.17, 15) is 4.79 Å². The first kappa shape index (κ1) is 16.1. The zero-order valence-corrected chi connectivity index (χ0v) is 13.4. The maximum atomic E-state index is 11.6. The van der Waals surface area contributed by atoms with E-state index in [1.165, 1.54) is 17.8 Å². The monoisotopic (exact) mass is 334 g/mol. The van der Waals surface area contributed by atoms with Gasteiger partial charge in [0.1, 0.15) is 16.8 Å². The molecule has 0 fully saturated rings. The molecule has 1 N–H and O–H groups in total. The molecule has 1 aromatic heterocycles. The lowest BCUT2D eigenvalue weighted by Crippen LogP contribution is -2.19. The molecule has 1 amide bonds. The number of benzene rings is 1. The van der Waals surface area contributed by atoms with Gasteiger partial charge in [-0.15, -0.1) is 0 Å². The molecule has 0 saturated heterocycles. The Hall–Kier alpha value is -2.29. The number of hydrogen-bond donors (Lipinski definition) is 1. The van der Waals surface area contributed by atoms with Gasteiger partial charge >= 0.3 is 0 Å². The summed E-state index contributed by atoms with van der Waals surface area (Å²) in [6, 6.07) is 8.96. The van der Waals surface area contributed by atoms with Crippen molar-refractivity contribution in [3.63, 3.8) is 0 Å². The molecule has 1 aromatic carbocycles. The number of nitrogens with one attached hydrogen (secondary N) is 1. The molecule has 7 heteroatoms. The van der Waals surface area contributed by atoms with E-state index in [1.807, 2.05) is 12.1 Å². The first-order valence-electron chi connectivity index (χ1n) is 6.33. The number of rotatable bonds is 3. The van der Waals surface area contributed by atoms with Gasteiger partial charge in [0.05, 0.1) is 16.4 Å². The molecule has 0 aliphatic heterocycles. The minimum absolute atomic E-state index is 0.0498. The Morgan fingerprint density at radius 3 is 2.68 bits per heavy atom. The SMILES string of the molecule is CNC(=O)/C(C#N)=C/c1c(C)nn(-c2ccccc2Cl)c1Cl. The summed E-state index contributed by atoms with van der Waals surface area (Å²) >= 11 is 12.5. The van der Waals surface area contributed by atoms with Crippen molar-refractivity contribution < 1.29 is 4.79 Å². The van der Waals surface area contributed by atoms with Gasteiger partial charge in [0, 0.05) is 12.6 Å². The van der Waals surface area contributed by atoms with Gasteiger partial charge in [0.25, 0.3) is 5.91 Å². The largest absolute Gasteiger partial charge is 0.354 e. The highest BCUT2D eigenvalue weighted by Gasteiger charge is 2.17. The summed E-state index contributed by atoms with van der Waals surface area (Å²) in [5.41, 5.74) is 1.66. The van der Waals surface area contributed by atoms with E-state index in [4.69, 9.17) is 28.5 Å². The standard InChI is InChI=1S/C15H12Cl2N4O/c1-9-11(7-10(8-18)15(22)19-2)14(17)21(20-9)13-6-4-3-5-12(13)16/h3-7H,1-2H3,(H,19,22)/b10-7+. The molecule has 0 aliphatic rings. The third kappa shape index (κ3) is 2.98. The first-order chi connectivity index (χ1) is 10.5. The van der Waals surface area contributed by atoms with Crippen LogP contribution in [0.5, 0.6) is 0 Å². The van der Waals surface area contributed by atoms with Gasteiger partial charge in [-0.05, 0) is 25.1 Å². The summed E-state index contributed by atoms with van der Waals surface area (Å²) in [5.74, 6) is -0.483. The van der Waals surface area contributed by atoms with Crippen LogP contribution in [0.25, 0.3) is 11.8 Å². The number of aryl methyl sites for hydroxylation is 1. The second kappa shape index (κ2) is 6.65. The smallest absolute Gasteiger partial charge is 0.261 e. The topological polar surface area (TPSA) is 70.7 Å². The maximum Gasteiger partial charge on any atom is 0.261 e. The van der Waals surface area contributed by atoms with Crippen LogP contribution in [0.15, 0.2) is 29.8 Å². The summed E-state index contributed by atoms with van der Waals surface area (Å²) < 4.78 is 1.48. The van der Waals surface area contributed by atoms with Crippen molar-refractivity contribution in [1.82, 2.24) is 15.1 Å². The van der Waals surface area contributed by atoms with Gasteiger partial charge < -0.3 is 5.32 Å². The fourth-order valence-electron chi connectivity index (χ4n) is 1.89. The minimum Gasteiger partial charge on any atom is -0.354 e. The van der Waals surface area contributed by atoms with Gasteiger partial charge in [0.2, 0.25) is 0 Å². The molecular weight excluding hydrogens is 323 g/mol. The van der Waals surface area contributed by atoms with E-state index >= 15 is 0 Å². The molecule has 1 heterocycles. The van der Waals surface area contributed by atoms with Gasteiger partial charge in [-0.1, -0.05) is 35.3 Å². The maximum absolute atomic E-state index is 11.6. The molecule has 0 bridgehead atoms. The van der Waals surface area contributed by atoms with Crippen LogP contribution in [0.3, 0.4) is 0 Å². The van der Waals surface area contributed by atoms with E-state index in [0.29, 0.717) is 22.0 Å². The Balaban J connectivity index is 2.58. The van der Waals surface area contributed by atoms with Crippen molar-refractivity contribution in [2.75, 3.05) is 7.05 Å². The number of hydrogen-bond acceptors (Lipinski definition) is 3. The number of amides is 1. The molecule has 112 valence electrons. The van der Waals surface area contributed by atoms with Crippen molar-refractivity contribution in [3.8, 4) is 11.8 Å². The average molecular weight is 335 g/mol. The van der Waals surface area contributed by atoms with Crippen LogP contribution in [0.1, 0.15) is 11.3 Å². The summed E-state index contributed by atoms with van der Waals surface area (Å²) in [5, 5.41) is 16.6. The Morgan fingerprint density at radius 2 is 2.09 bits per heavy atom. The third-order valence-corrected chi connectivity index (χ3v) is 3.69. The summed E-state index contributed by atoms with van der Waals surface area (Å²) in [4.78, 5) is 11.6. The Labute approximate surface area is 137 Å². The molecule has 0 spiro atoms. The van der Waals surface area contributed by atoms with Gasteiger partial charge in [-0.25, -0.2) is 4.68 Å². The van der Waals surface area contributed by atoms with Gasteiger partial charge in [-0.3, -0.25) is 4.79 Å². The van der Waals surface area contributed by atoms with E-state index in [1.54, 1.807) is 25.1 Å². The van der Waals surface area contributed by atoms with E-state index in [0.717, 1.165) is 0 Å². The third-order valence-electron chi connectivity index (χ3n) is 3.01. The van der Waals surface area contributed by atoms with Crippen molar-refractivity contribution in [2.24, 2.45) is 0 Å². The van der Waals surface area contributed by atoms with Crippen molar-refractivity contribution >= 4 is 35.2 Å². The summed E-state index contributed by atoms with van der Waals surface area (Å²) in [7, 11) is 1.45. The van der Waals surface area contributed by atoms with Crippen LogP contribution in [0, 0.1) is 18.3 Å². The van der Waals surface area contributed by atoms with Crippen LogP contribution in [-0.4, -0.2) is 22.7 Å². The number of nitriles is 1. The lowest BCUT2D eigenvalue weighted by Gasteiger charge is -2.05. The van der Waals surface area contributed by atoms with Gasteiger partial charge in [0.15, 0.2) is 0 Å². The summed E-state index contributed by atoms with van der Waals surface area (Å²) in [6.07, 6.45) is 1.41. The predicted octanol–water partition coefficient (Wildman–Crippen LogP) is 3.14. The molecule has 2 rings (SSSR count). The fourth-order valence-corrected chi connectivity index (χ4v) is 2.42. The average Bonchev–Trinajstić information content (AvgIpc) is 2.79. The molecule has 0 radical (unpaired) electrons. The molecule has 0 saturated carbocycles. The lowest BCUT2D eigenvalue weighted by atomic mass is 10.1. The van der Waals surface area contributed by atoms with Crippen LogP contribution in [0.4, 0.5) is 0 Å². The van der Waals surface area contributed by atoms with E-state index < -0.39 is 5.91 Å². The number of carbonyl (C=O) groups excluding carboxylic acids is 1. The van der Waals surface area contributed by atoms with Crippen molar-refractivity contribution in [2.45, 2.75) is 6.92 Å². The normalized spacial score (nSPS) is 11.1. The number of nitrogens with zero attached hydrogens (tertiary/aromatic N) is 3. The number of halogens is 2.